The molecule has 1 amide bonds. The van der Waals surface area contributed by atoms with Gasteiger partial charge in [0.15, 0.2) is 28.7 Å². The number of nitrogens with one attached hydrogen (secondary N) is 1. The normalized spacial score (nSPS) is 12.5. The first-order chi connectivity index (χ1) is 16.4. The first-order valence-electron chi connectivity index (χ1n) is 10.00. The van der Waals surface area contributed by atoms with Crippen molar-refractivity contribution < 1.29 is 31.5 Å². The number of carbonyl (C=O) groups is 1. The van der Waals surface area contributed by atoms with Crippen LogP contribution in [0.5, 0.6) is 5.88 Å². The zero-order valence-corrected chi connectivity index (χ0v) is 19.2. The molecule has 188 valence electrons. The molecule has 1 unspecified atom stereocenters. The van der Waals surface area contributed by atoms with E-state index in [1.54, 1.807) is 6.92 Å². The van der Waals surface area contributed by atoms with Gasteiger partial charge < -0.3 is 10.1 Å². The van der Waals surface area contributed by atoms with Gasteiger partial charge in [0.05, 0.1) is 5.69 Å². The molecule has 3 rings (SSSR count). The van der Waals surface area contributed by atoms with Gasteiger partial charge in [0.2, 0.25) is 5.88 Å². The molecule has 0 bridgehead atoms. The molecular formula is C20H18ClF5N6O3. The minimum Gasteiger partial charge on any atom is -0.464 e. The summed E-state index contributed by atoms with van der Waals surface area (Å²) in [5.41, 5.74) is -1.22. The molecule has 3 aromatic rings. The summed E-state index contributed by atoms with van der Waals surface area (Å²) < 4.78 is 73.9. The van der Waals surface area contributed by atoms with Crippen molar-refractivity contribution in [1.82, 2.24) is 24.3 Å². The van der Waals surface area contributed by atoms with Gasteiger partial charge in [-0.15, -0.1) is 5.10 Å². The maximum absolute atomic E-state index is 15.0. The largest absolute Gasteiger partial charge is 0.464 e. The molecule has 0 aromatic carbocycles. The van der Waals surface area contributed by atoms with Crippen LogP contribution in [0.3, 0.4) is 0 Å². The van der Waals surface area contributed by atoms with Crippen molar-refractivity contribution in [3.63, 3.8) is 0 Å². The van der Waals surface area contributed by atoms with Crippen LogP contribution in [-0.2, 0) is 13.2 Å². The Morgan fingerprint density at radius 1 is 1.34 bits per heavy atom. The number of hydrogen-bond donors (Lipinski definition) is 1. The van der Waals surface area contributed by atoms with E-state index >= 15 is 4.39 Å². The van der Waals surface area contributed by atoms with Gasteiger partial charge >= 0.3 is 11.9 Å². The predicted octanol–water partition coefficient (Wildman–Crippen LogP) is 4.00. The molecule has 0 saturated carbocycles. The lowest BCUT2D eigenvalue weighted by atomic mass is 10.2. The number of carbonyl (C=O) groups excluding carboxylic acids is 1. The Morgan fingerprint density at radius 2 is 2.03 bits per heavy atom. The van der Waals surface area contributed by atoms with Gasteiger partial charge in [0.25, 0.3) is 5.91 Å². The second kappa shape index (κ2) is 9.98. The van der Waals surface area contributed by atoms with Crippen molar-refractivity contribution in [3.8, 4) is 11.7 Å². The number of rotatable bonds is 7. The van der Waals surface area contributed by atoms with E-state index in [9.17, 15) is 27.2 Å². The molecule has 3 heterocycles. The average molecular weight is 521 g/mol. The van der Waals surface area contributed by atoms with Crippen molar-refractivity contribution in [1.29, 1.82) is 0 Å². The Morgan fingerprint density at radius 3 is 2.57 bits per heavy atom. The molecule has 0 saturated heterocycles. The molecule has 0 radical (unpaired) electrons. The van der Waals surface area contributed by atoms with Crippen molar-refractivity contribution >= 4 is 23.2 Å². The summed E-state index contributed by atoms with van der Waals surface area (Å²) >= 11 is 5.97. The lowest BCUT2D eigenvalue weighted by Gasteiger charge is -2.19. The van der Waals surface area contributed by atoms with E-state index in [0.717, 1.165) is 4.57 Å². The van der Waals surface area contributed by atoms with Crippen LogP contribution < -0.4 is 15.7 Å². The van der Waals surface area contributed by atoms with Crippen LogP contribution in [-0.4, -0.2) is 42.5 Å². The molecule has 1 atom stereocenters. The van der Waals surface area contributed by atoms with Crippen molar-refractivity contribution in [2.75, 3.05) is 5.32 Å². The fraction of sp³-hybridized carbons (Fsp3) is 0.350. The molecule has 15 heteroatoms. The first-order valence-corrected chi connectivity index (χ1v) is 10.4. The van der Waals surface area contributed by atoms with Crippen LogP contribution in [0.15, 0.2) is 23.1 Å². The van der Waals surface area contributed by atoms with Crippen LogP contribution in [0, 0.1) is 12.7 Å². The van der Waals surface area contributed by atoms with Crippen LogP contribution >= 0.6 is 11.6 Å². The SMILES string of the molecule is CCn1c(CF)nn(-c2nc(OC(C)C(F)(F)F)c(C(=O)Nc3c(C)ccnc3Cl)cc2F)c1=O. The number of nitrogens with zero attached hydrogens (tertiary/aromatic N) is 5. The second-order valence-electron chi connectivity index (χ2n) is 7.18. The number of aryl methyl sites for hydroxylation is 1. The Bertz CT molecular complexity index is 1300. The van der Waals surface area contributed by atoms with Crippen molar-refractivity contribution in [2.45, 2.75) is 46.3 Å². The third-order valence-corrected chi connectivity index (χ3v) is 5.13. The van der Waals surface area contributed by atoms with Gasteiger partial charge in [0, 0.05) is 12.7 Å². The molecule has 1 N–H and O–H groups in total. The van der Waals surface area contributed by atoms with E-state index in [1.165, 1.54) is 19.2 Å². The summed E-state index contributed by atoms with van der Waals surface area (Å²) in [7, 11) is 0. The van der Waals surface area contributed by atoms with E-state index in [2.05, 4.69) is 20.4 Å². The highest BCUT2D eigenvalue weighted by Gasteiger charge is 2.39. The highest BCUT2D eigenvalue weighted by Crippen LogP contribution is 2.30. The number of alkyl halides is 4. The standard InChI is InChI=1S/C20H18ClF5N6O3/c1-4-31-13(8-22)30-32(19(31)34)16-12(23)7-11(18(29-16)35-10(3)20(24,25)26)17(33)28-14-9(2)5-6-27-15(14)21/h5-7,10H,4,8H2,1-3H3,(H,28,33). The number of ether oxygens (including phenoxy) is 1. The highest BCUT2D eigenvalue weighted by atomic mass is 35.5. The lowest BCUT2D eigenvalue weighted by Crippen LogP contribution is -2.33. The van der Waals surface area contributed by atoms with Crippen LogP contribution in [0.2, 0.25) is 5.15 Å². The lowest BCUT2D eigenvalue weighted by molar-refractivity contribution is -0.190. The van der Waals surface area contributed by atoms with E-state index in [-0.39, 0.29) is 23.2 Å². The Kier molecular flexibility index (Phi) is 7.43. The molecule has 35 heavy (non-hydrogen) atoms. The summed E-state index contributed by atoms with van der Waals surface area (Å²) in [6.07, 6.45) is -5.97. The second-order valence-corrected chi connectivity index (χ2v) is 7.54. The molecule has 3 aromatic heterocycles. The summed E-state index contributed by atoms with van der Waals surface area (Å²) in [6, 6.07) is 2.04. The number of hydrogen-bond acceptors (Lipinski definition) is 6. The van der Waals surface area contributed by atoms with E-state index in [1.807, 2.05) is 0 Å². The van der Waals surface area contributed by atoms with E-state index in [4.69, 9.17) is 16.3 Å². The molecule has 9 nitrogen and oxygen atoms in total. The fourth-order valence-electron chi connectivity index (χ4n) is 2.95. The summed E-state index contributed by atoms with van der Waals surface area (Å²) in [5, 5.41) is 5.87. The van der Waals surface area contributed by atoms with Crippen LogP contribution in [0.1, 0.15) is 35.6 Å². The van der Waals surface area contributed by atoms with Gasteiger partial charge in [-0.1, -0.05) is 11.6 Å². The van der Waals surface area contributed by atoms with E-state index < -0.39 is 53.6 Å². The Hall–Kier alpha value is -3.55. The average Bonchev–Trinajstić information content (AvgIpc) is 3.11. The zero-order chi connectivity index (χ0) is 26.1. The summed E-state index contributed by atoms with van der Waals surface area (Å²) in [5.74, 6) is -4.59. The number of halogens is 6. The number of pyridine rings is 2. The maximum Gasteiger partial charge on any atom is 0.425 e. The topological polar surface area (TPSA) is 104 Å². The molecule has 0 aliphatic heterocycles. The van der Waals surface area contributed by atoms with Gasteiger partial charge in [-0.25, -0.2) is 18.6 Å². The quantitative estimate of drug-likeness (QED) is 0.373. The molecule has 0 aliphatic carbocycles. The predicted molar refractivity (Wildman–Crippen MR) is 114 cm³/mol. The third-order valence-electron chi connectivity index (χ3n) is 4.84. The number of aromatic nitrogens is 5. The third kappa shape index (κ3) is 5.26. The smallest absolute Gasteiger partial charge is 0.425 e. The minimum atomic E-state index is -4.87. The van der Waals surface area contributed by atoms with Crippen LogP contribution in [0.25, 0.3) is 5.82 Å². The van der Waals surface area contributed by atoms with Crippen molar-refractivity contribution in [2.24, 2.45) is 0 Å². The molecular weight excluding hydrogens is 503 g/mol. The van der Waals surface area contributed by atoms with Gasteiger partial charge in [-0.05, 0) is 38.5 Å². The molecule has 0 aliphatic rings. The summed E-state index contributed by atoms with van der Waals surface area (Å²) in [6.45, 7) is 2.55. The van der Waals surface area contributed by atoms with Gasteiger partial charge in [-0.3, -0.25) is 9.36 Å². The minimum absolute atomic E-state index is 0.0140. The van der Waals surface area contributed by atoms with Gasteiger partial charge in [-0.2, -0.15) is 22.8 Å². The highest BCUT2D eigenvalue weighted by molar-refractivity contribution is 6.32. The fourth-order valence-corrected chi connectivity index (χ4v) is 3.20. The summed E-state index contributed by atoms with van der Waals surface area (Å²) in [4.78, 5) is 32.9. The molecule has 0 fully saturated rings. The first kappa shape index (κ1) is 26.1. The van der Waals surface area contributed by atoms with Crippen molar-refractivity contribution in [3.05, 3.63) is 56.7 Å². The Labute approximate surface area is 199 Å². The monoisotopic (exact) mass is 520 g/mol. The van der Waals surface area contributed by atoms with Gasteiger partial charge in [0.1, 0.15) is 12.2 Å². The Balaban J connectivity index is 2.16. The number of amides is 1. The molecule has 0 spiro atoms. The zero-order valence-electron chi connectivity index (χ0n) is 18.5. The number of anilines is 1. The maximum atomic E-state index is 15.0. The van der Waals surface area contributed by atoms with Crippen LogP contribution in [0.4, 0.5) is 27.6 Å². The van der Waals surface area contributed by atoms with E-state index in [0.29, 0.717) is 23.2 Å².